The predicted octanol–water partition coefficient (Wildman–Crippen LogP) is 5.34. The molecule has 2 aromatic heterocycles. The van der Waals surface area contributed by atoms with Gasteiger partial charge in [-0.05, 0) is 58.2 Å². The topological polar surface area (TPSA) is 76.6 Å². The van der Waals surface area contributed by atoms with Crippen molar-refractivity contribution >= 4 is 10.9 Å². The summed E-state index contributed by atoms with van der Waals surface area (Å²) >= 11 is 0. The second-order valence-corrected chi connectivity index (χ2v) is 7.90. The van der Waals surface area contributed by atoms with Crippen LogP contribution < -0.4 is 4.74 Å². The number of aromatic nitrogens is 5. The highest BCUT2D eigenvalue weighted by Crippen LogP contribution is 2.24. The minimum absolute atomic E-state index is 0.393. The molecule has 6 heteroatoms. The molecule has 0 radical (unpaired) electrons. The molecule has 3 aromatic carbocycles. The smallest absolute Gasteiger partial charge is 0.179 e. The second kappa shape index (κ2) is 8.98. The van der Waals surface area contributed by atoms with Gasteiger partial charge in [0.1, 0.15) is 12.4 Å². The molecule has 158 valence electrons. The van der Waals surface area contributed by atoms with Crippen molar-refractivity contribution in [1.82, 2.24) is 25.6 Å². The van der Waals surface area contributed by atoms with E-state index in [-0.39, 0.29) is 0 Å². The van der Waals surface area contributed by atoms with Crippen LogP contribution in [0, 0.1) is 0 Å². The van der Waals surface area contributed by atoms with Gasteiger partial charge in [0.2, 0.25) is 0 Å². The fourth-order valence-corrected chi connectivity index (χ4v) is 3.79. The summed E-state index contributed by atoms with van der Waals surface area (Å²) in [5.41, 5.74) is 5.45. The van der Waals surface area contributed by atoms with E-state index in [0.717, 1.165) is 34.3 Å². The van der Waals surface area contributed by atoms with Gasteiger partial charge in [0, 0.05) is 10.9 Å². The van der Waals surface area contributed by atoms with Gasteiger partial charge in [0.25, 0.3) is 0 Å². The summed E-state index contributed by atoms with van der Waals surface area (Å²) in [6.07, 6.45) is 0.955. The van der Waals surface area contributed by atoms with Crippen molar-refractivity contribution in [3.63, 3.8) is 0 Å². The third-order valence-corrected chi connectivity index (χ3v) is 5.61. The van der Waals surface area contributed by atoms with Crippen molar-refractivity contribution in [2.45, 2.75) is 25.9 Å². The van der Waals surface area contributed by atoms with Crippen LogP contribution in [0.3, 0.4) is 0 Å². The van der Waals surface area contributed by atoms with Crippen LogP contribution in [0.4, 0.5) is 0 Å². The van der Waals surface area contributed by atoms with E-state index in [0.29, 0.717) is 18.3 Å². The zero-order valence-electron chi connectivity index (χ0n) is 17.8. The van der Waals surface area contributed by atoms with E-state index in [1.165, 1.54) is 11.1 Å². The zero-order chi connectivity index (χ0) is 21.8. The highest BCUT2D eigenvalue weighted by molar-refractivity contribution is 5.78. The minimum atomic E-state index is 0.393. The van der Waals surface area contributed by atoms with Gasteiger partial charge in [-0.15, -0.1) is 5.10 Å². The number of benzene rings is 3. The first-order valence-electron chi connectivity index (χ1n) is 10.6. The lowest BCUT2D eigenvalue weighted by Gasteiger charge is -2.13. The van der Waals surface area contributed by atoms with Gasteiger partial charge in [0.05, 0.1) is 11.2 Å². The molecule has 0 spiro atoms. The molecule has 1 atom stereocenters. The van der Waals surface area contributed by atoms with Crippen molar-refractivity contribution in [2.24, 2.45) is 0 Å². The van der Waals surface area contributed by atoms with Gasteiger partial charge in [-0.1, -0.05) is 67.6 Å². The number of hydrogen-bond donors (Lipinski definition) is 1. The van der Waals surface area contributed by atoms with Crippen LogP contribution in [0.2, 0.25) is 0 Å². The number of tetrazole rings is 1. The summed E-state index contributed by atoms with van der Waals surface area (Å²) in [5, 5.41) is 15.1. The Kier molecular flexibility index (Phi) is 5.58. The number of pyridine rings is 1. The molecule has 0 aliphatic carbocycles. The largest absolute Gasteiger partial charge is 0.487 e. The van der Waals surface area contributed by atoms with Crippen molar-refractivity contribution < 1.29 is 4.74 Å². The first-order chi connectivity index (χ1) is 15.7. The molecule has 0 saturated heterocycles. The number of nitrogens with one attached hydrogen (secondary N) is 1. The normalized spacial score (nSPS) is 12.0. The number of nitrogens with zero attached hydrogens (tertiary/aromatic N) is 4. The Balaban J connectivity index is 1.19. The predicted molar refractivity (Wildman–Crippen MR) is 124 cm³/mol. The lowest BCUT2D eigenvalue weighted by Crippen LogP contribution is -2.00. The van der Waals surface area contributed by atoms with E-state index in [2.05, 4.69) is 68.9 Å². The van der Waals surface area contributed by atoms with Gasteiger partial charge >= 0.3 is 0 Å². The first-order valence-corrected chi connectivity index (χ1v) is 10.6. The van der Waals surface area contributed by atoms with Crippen molar-refractivity contribution in [1.29, 1.82) is 0 Å². The van der Waals surface area contributed by atoms with Crippen LogP contribution in [0.15, 0.2) is 84.9 Å². The molecule has 2 heterocycles. The third kappa shape index (κ3) is 4.49. The lowest BCUT2D eigenvalue weighted by atomic mass is 9.93. The summed E-state index contributed by atoms with van der Waals surface area (Å²) in [7, 11) is 0. The molecule has 1 N–H and O–H groups in total. The van der Waals surface area contributed by atoms with Gasteiger partial charge in [0.15, 0.2) is 5.82 Å². The molecule has 1 unspecified atom stereocenters. The number of H-pyrrole nitrogens is 1. The van der Waals surface area contributed by atoms with Crippen LogP contribution in [0.1, 0.15) is 29.7 Å². The molecule has 0 amide bonds. The Morgan fingerprint density at radius 3 is 2.47 bits per heavy atom. The number of fused-ring (bicyclic) bond motifs is 1. The SMILES string of the molecule is CC(Cc1ccc(-c2nnn[nH]2)cc1)c1ccc(OCc2ccc3ccccc3n2)cc1. The molecule has 5 aromatic rings. The van der Waals surface area contributed by atoms with E-state index in [1.54, 1.807) is 0 Å². The Morgan fingerprint density at radius 2 is 1.69 bits per heavy atom. The van der Waals surface area contributed by atoms with Crippen LogP contribution in [0.25, 0.3) is 22.3 Å². The Labute approximate surface area is 186 Å². The van der Waals surface area contributed by atoms with Crippen molar-refractivity contribution in [3.8, 4) is 17.1 Å². The standard InChI is InChI=1S/C26H23N5O/c1-18(16-19-6-8-22(9-7-19)26-28-30-31-29-26)20-11-14-24(15-12-20)32-17-23-13-10-21-4-2-3-5-25(21)27-23/h2-15,18H,16-17H2,1H3,(H,28,29,30,31). The van der Waals surface area contributed by atoms with E-state index < -0.39 is 0 Å². The van der Waals surface area contributed by atoms with Gasteiger partial charge < -0.3 is 4.74 Å². The number of aromatic amines is 1. The van der Waals surface area contributed by atoms with Crippen LogP contribution in [-0.2, 0) is 13.0 Å². The van der Waals surface area contributed by atoms with Crippen molar-refractivity contribution in [2.75, 3.05) is 0 Å². The summed E-state index contributed by atoms with van der Waals surface area (Å²) in [6, 6.07) is 28.9. The zero-order valence-corrected chi connectivity index (χ0v) is 17.8. The molecule has 0 aliphatic heterocycles. The average molecular weight is 422 g/mol. The van der Waals surface area contributed by atoms with Gasteiger partial charge in [-0.2, -0.15) is 0 Å². The van der Waals surface area contributed by atoms with E-state index in [4.69, 9.17) is 4.74 Å². The molecule has 0 saturated carbocycles. The number of para-hydroxylation sites is 1. The second-order valence-electron chi connectivity index (χ2n) is 7.90. The van der Waals surface area contributed by atoms with E-state index >= 15 is 0 Å². The minimum Gasteiger partial charge on any atom is -0.487 e. The summed E-state index contributed by atoms with van der Waals surface area (Å²) in [4.78, 5) is 4.67. The maximum Gasteiger partial charge on any atom is 0.179 e. The molecule has 0 fully saturated rings. The number of rotatable bonds is 7. The van der Waals surface area contributed by atoms with Crippen molar-refractivity contribution in [3.05, 3.63) is 102 Å². The molecule has 5 rings (SSSR count). The number of hydrogen-bond acceptors (Lipinski definition) is 5. The molecule has 0 aliphatic rings. The third-order valence-electron chi connectivity index (χ3n) is 5.61. The Hall–Kier alpha value is -4.06. The van der Waals surface area contributed by atoms with Crippen LogP contribution in [-0.4, -0.2) is 25.6 Å². The molecule has 0 bridgehead atoms. The maximum absolute atomic E-state index is 5.96. The highest BCUT2D eigenvalue weighted by atomic mass is 16.5. The first kappa shape index (κ1) is 19.9. The fourth-order valence-electron chi connectivity index (χ4n) is 3.79. The summed E-state index contributed by atoms with van der Waals surface area (Å²) < 4.78 is 5.96. The molecular formula is C26H23N5O. The maximum atomic E-state index is 5.96. The number of ether oxygens (including phenoxy) is 1. The van der Waals surface area contributed by atoms with E-state index in [9.17, 15) is 0 Å². The van der Waals surface area contributed by atoms with Gasteiger partial charge in [-0.3, -0.25) is 0 Å². The highest BCUT2D eigenvalue weighted by Gasteiger charge is 2.09. The fraction of sp³-hybridized carbons (Fsp3) is 0.154. The molecule has 6 nitrogen and oxygen atoms in total. The Bertz CT molecular complexity index is 1300. The quantitative estimate of drug-likeness (QED) is 0.384. The van der Waals surface area contributed by atoms with E-state index in [1.807, 2.05) is 48.5 Å². The summed E-state index contributed by atoms with van der Waals surface area (Å²) in [6.45, 7) is 2.69. The lowest BCUT2D eigenvalue weighted by molar-refractivity contribution is 0.301. The monoisotopic (exact) mass is 421 g/mol. The van der Waals surface area contributed by atoms with Crippen LogP contribution >= 0.6 is 0 Å². The average Bonchev–Trinajstić information content (AvgIpc) is 3.38. The van der Waals surface area contributed by atoms with Crippen LogP contribution in [0.5, 0.6) is 5.75 Å². The summed E-state index contributed by atoms with van der Waals surface area (Å²) in [5.74, 6) is 1.92. The molecular weight excluding hydrogens is 398 g/mol. The Morgan fingerprint density at radius 1 is 0.875 bits per heavy atom. The van der Waals surface area contributed by atoms with Gasteiger partial charge in [-0.25, -0.2) is 10.1 Å². The molecule has 32 heavy (non-hydrogen) atoms.